The van der Waals surface area contributed by atoms with E-state index in [1.54, 1.807) is 0 Å². The van der Waals surface area contributed by atoms with E-state index in [1.165, 1.54) is 0 Å². The third-order valence-electron chi connectivity index (χ3n) is 2.78. The molecule has 1 aromatic rings. The average molecular weight is 223 g/mol. The Morgan fingerprint density at radius 2 is 2.12 bits per heavy atom. The lowest BCUT2D eigenvalue weighted by Gasteiger charge is -2.29. The van der Waals surface area contributed by atoms with Crippen LogP contribution in [0.25, 0.3) is 0 Å². The highest BCUT2D eigenvalue weighted by Gasteiger charge is 2.27. The van der Waals surface area contributed by atoms with Crippen molar-refractivity contribution in [1.82, 2.24) is 0 Å². The summed E-state index contributed by atoms with van der Waals surface area (Å²) in [6.07, 6.45) is 0. The van der Waals surface area contributed by atoms with Gasteiger partial charge in [0.05, 0.1) is 6.61 Å². The van der Waals surface area contributed by atoms with Gasteiger partial charge in [0.15, 0.2) is 0 Å². The molecule has 0 aliphatic carbocycles. The second kappa shape index (κ2) is 5.32. The number of benzene rings is 1. The second-order valence-corrected chi connectivity index (χ2v) is 4.63. The van der Waals surface area contributed by atoms with Crippen molar-refractivity contribution in [3.63, 3.8) is 0 Å². The van der Waals surface area contributed by atoms with Crippen LogP contribution in [0.4, 0.5) is 0 Å². The molecule has 3 heteroatoms. The number of aliphatic hydroxyl groups excluding tert-OH is 1. The summed E-state index contributed by atoms with van der Waals surface area (Å²) in [5.41, 5.74) is 6.79. The summed E-state index contributed by atoms with van der Waals surface area (Å²) in [6, 6.07) is 7.54. The molecule has 0 aliphatic heterocycles. The first-order valence-electron chi connectivity index (χ1n) is 5.60. The SMILES string of the molecule is CCOc1cccc([C@H](N)C(C)(C)CO)c1. The quantitative estimate of drug-likeness (QED) is 0.803. The molecule has 0 aliphatic rings. The van der Waals surface area contributed by atoms with Crippen LogP contribution in [0.3, 0.4) is 0 Å². The van der Waals surface area contributed by atoms with Gasteiger partial charge in [0.1, 0.15) is 5.75 Å². The highest BCUT2D eigenvalue weighted by molar-refractivity contribution is 5.31. The second-order valence-electron chi connectivity index (χ2n) is 4.63. The average Bonchev–Trinajstić information content (AvgIpc) is 2.29. The van der Waals surface area contributed by atoms with E-state index in [2.05, 4.69) is 0 Å². The summed E-state index contributed by atoms with van der Waals surface area (Å²) in [7, 11) is 0. The molecule has 0 saturated heterocycles. The number of hydrogen-bond donors (Lipinski definition) is 2. The van der Waals surface area contributed by atoms with Crippen LogP contribution in [-0.2, 0) is 0 Å². The molecule has 1 rings (SSSR count). The fraction of sp³-hybridized carbons (Fsp3) is 0.538. The fourth-order valence-corrected chi connectivity index (χ4v) is 1.51. The Kier molecular flexibility index (Phi) is 4.33. The Morgan fingerprint density at radius 3 is 2.69 bits per heavy atom. The summed E-state index contributed by atoms with van der Waals surface area (Å²) in [5, 5.41) is 9.29. The van der Waals surface area contributed by atoms with Gasteiger partial charge in [-0.2, -0.15) is 0 Å². The molecule has 0 unspecified atom stereocenters. The monoisotopic (exact) mass is 223 g/mol. The van der Waals surface area contributed by atoms with Crippen molar-refractivity contribution < 1.29 is 9.84 Å². The van der Waals surface area contributed by atoms with Crippen molar-refractivity contribution in [2.75, 3.05) is 13.2 Å². The molecule has 0 radical (unpaired) electrons. The predicted molar refractivity (Wildman–Crippen MR) is 65.4 cm³/mol. The van der Waals surface area contributed by atoms with E-state index in [9.17, 15) is 5.11 Å². The van der Waals surface area contributed by atoms with E-state index in [0.717, 1.165) is 11.3 Å². The van der Waals surface area contributed by atoms with Crippen LogP contribution < -0.4 is 10.5 Å². The molecular weight excluding hydrogens is 202 g/mol. The van der Waals surface area contributed by atoms with Crippen LogP contribution in [0.15, 0.2) is 24.3 Å². The molecule has 0 saturated carbocycles. The zero-order valence-corrected chi connectivity index (χ0v) is 10.2. The van der Waals surface area contributed by atoms with Crippen LogP contribution in [-0.4, -0.2) is 18.3 Å². The molecule has 0 spiro atoms. The van der Waals surface area contributed by atoms with Crippen molar-refractivity contribution in [2.45, 2.75) is 26.8 Å². The first kappa shape index (κ1) is 13.0. The van der Waals surface area contributed by atoms with Crippen LogP contribution >= 0.6 is 0 Å². The number of aliphatic hydroxyl groups is 1. The normalized spacial score (nSPS) is 13.6. The third-order valence-corrected chi connectivity index (χ3v) is 2.78. The maximum Gasteiger partial charge on any atom is 0.119 e. The lowest BCUT2D eigenvalue weighted by atomic mass is 9.82. The zero-order valence-electron chi connectivity index (χ0n) is 10.2. The standard InChI is InChI=1S/C13H21NO2/c1-4-16-11-7-5-6-10(8-11)12(14)13(2,3)9-15/h5-8,12,15H,4,9,14H2,1-3H3/t12-/m0/s1. The largest absolute Gasteiger partial charge is 0.494 e. The van der Waals surface area contributed by atoms with Gasteiger partial charge in [-0.05, 0) is 24.6 Å². The van der Waals surface area contributed by atoms with Gasteiger partial charge in [-0.1, -0.05) is 26.0 Å². The van der Waals surface area contributed by atoms with Gasteiger partial charge in [-0.15, -0.1) is 0 Å². The summed E-state index contributed by atoms with van der Waals surface area (Å²) >= 11 is 0. The van der Waals surface area contributed by atoms with Crippen LogP contribution in [0, 0.1) is 5.41 Å². The molecule has 3 N–H and O–H groups in total. The van der Waals surface area contributed by atoms with Gasteiger partial charge in [0.25, 0.3) is 0 Å². The van der Waals surface area contributed by atoms with E-state index in [4.69, 9.17) is 10.5 Å². The van der Waals surface area contributed by atoms with Gasteiger partial charge in [-0.3, -0.25) is 0 Å². The Bertz CT molecular complexity index is 336. The van der Waals surface area contributed by atoms with Crippen LogP contribution in [0.1, 0.15) is 32.4 Å². The molecule has 3 nitrogen and oxygen atoms in total. The van der Waals surface area contributed by atoms with Gasteiger partial charge < -0.3 is 15.6 Å². The molecule has 0 heterocycles. The van der Waals surface area contributed by atoms with Gasteiger partial charge in [0.2, 0.25) is 0 Å². The summed E-state index contributed by atoms with van der Waals surface area (Å²) in [5.74, 6) is 0.823. The maximum absolute atomic E-state index is 9.29. The first-order chi connectivity index (χ1) is 7.51. The van der Waals surface area contributed by atoms with E-state index >= 15 is 0 Å². The summed E-state index contributed by atoms with van der Waals surface area (Å²) in [4.78, 5) is 0. The van der Waals surface area contributed by atoms with E-state index in [0.29, 0.717) is 6.61 Å². The minimum Gasteiger partial charge on any atom is -0.494 e. The van der Waals surface area contributed by atoms with Crippen molar-refractivity contribution >= 4 is 0 Å². The number of nitrogens with two attached hydrogens (primary N) is 1. The fourth-order valence-electron chi connectivity index (χ4n) is 1.51. The Hall–Kier alpha value is -1.06. The highest BCUT2D eigenvalue weighted by atomic mass is 16.5. The molecule has 1 aromatic carbocycles. The minimum atomic E-state index is -0.329. The number of rotatable bonds is 5. The highest BCUT2D eigenvalue weighted by Crippen LogP contribution is 2.31. The lowest BCUT2D eigenvalue weighted by molar-refractivity contribution is 0.132. The Balaban J connectivity index is 2.91. The van der Waals surface area contributed by atoms with E-state index in [1.807, 2.05) is 45.0 Å². The summed E-state index contributed by atoms with van der Waals surface area (Å²) < 4.78 is 5.42. The Labute approximate surface area is 97.2 Å². The molecular formula is C13H21NO2. The van der Waals surface area contributed by atoms with Crippen molar-refractivity contribution in [1.29, 1.82) is 0 Å². The molecule has 0 amide bonds. The van der Waals surface area contributed by atoms with Gasteiger partial charge in [0, 0.05) is 18.1 Å². The topological polar surface area (TPSA) is 55.5 Å². The lowest BCUT2D eigenvalue weighted by Crippen LogP contribution is -2.32. The molecule has 1 atom stereocenters. The predicted octanol–water partition coefficient (Wildman–Crippen LogP) is 2.10. The Morgan fingerprint density at radius 1 is 1.44 bits per heavy atom. The molecule has 0 aromatic heterocycles. The van der Waals surface area contributed by atoms with E-state index < -0.39 is 0 Å². The summed E-state index contributed by atoms with van der Waals surface area (Å²) in [6.45, 7) is 6.55. The molecule has 16 heavy (non-hydrogen) atoms. The molecule has 0 fully saturated rings. The maximum atomic E-state index is 9.29. The van der Waals surface area contributed by atoms with Crippen molar-refractivity contribution in [3.8, 4) is 5.75 Å². The molecule has 90 valence electrons. The van der Waals surface area contributed by atoms with Crippen molar-refractivity contribution in [3.05, 3.63) is 29.8 Å². The third kappa shape index (κ3) is 2.97. The van der Waals surface area contributed by atoms with Crippen LogP contribution in [0.5, 0.6) is 5.75 Å². The van der Waals surface area contributed by atoms with Crippen LogP contribution in [0.2, 0.25) is 0 Å². The van der Waals surface area contributed by atoms with Gasteiger partial charge >= 0.3 is 0 Å². The first-order valence-corrected chi connectivity index (χ1v) is 5.60. The van der Waals surface area contributed by atoms with E-state index in [-0.39, 0.29) is 18.1 Å². The number of hydrogen-bond acceptors (Lipinski definition) is 3. The minimum absolute atomic E-state index is 0.0625. The zero-order chi connectivity index (χ0) is 12.2. The van der Waals surface area contributed by atoms with Crippen molar-refractivity contribution in [2.24, 2.45) is 11.1 Å². The van der Waals surface area contributed by atoms with Gasteiger partial charge in [-0.25, -0.2) is 0 Å². The molecule has 0 bridgehead atoms. The number of ether oxygens (including phenoxy) is 1. The smallest absolute Gasteiger partial charge is 0.119 e.